The number of nitrogen functional groups attached to an aromatic ring is 1. The lowest BCUT2D eigenvalue weighted by Crippen LogP contribution is -2.19. The maximum absolute atomic E-state index is 11.4. The number of aromatic nitrogens is 2. The van der Waals surface area contributed by atoms with Crippen LogP contribution in [0.2, 0.25) is 0 Å². The normalized spacial score (nSPS) is 16.9. The summed E-state index contributed by atoms with van der Waals surface area (Å²) in [6.07, 6.45) is 3.48. The zero-order valence-corrected chi connectivity index (χ0v) is 13.4. The molecule has 23 heavy (non-hydrogen) atoms. The highest BCUT2D eigenvalue weighted by atomic mass is 16.6. The first-order valence-corrected chi connectivity index (χ1v) is 7.86. The molecule has 1 aliphatic rings. The van der Waals surface area contributed by atoms with E-state index in [1.165, 1.54) is 11.1 Å². The van der Waals surface area contributed by atoms with Crippen molar-refractivity contribution in [3.05, 3.63) is 45.1 Å². The fourth-order valence-electron chi connectivity index (χ4n) is 3.31. The van der Waals surface area contributed by atoms with Crippen molar-refractivity contribution in [2.24, 2.45) is 7.05 Å². The van der Waals surface area contributed by atoms with Gasteiger partial charge in [-0.25, -0.2) is 4.68 Å². The molecule has 122 valence electrons. The summed E-state index contributed by atoms with van der Waals surface area (Å²) in [4.78, 5) is 11.1. The summed E-state index contributed by atoms with van der Waals surface area (Å²) in [6, 6.07) is 5.94. The third kappa shape index (κ3) is 2.74. The van der Waals surface area contributed by atoms with Crippen LogP contribution >= 0.6 is 0 Å². The van der Waals surface area contributed by atoms with E-state index in [1.54, 1.807) is 11.7 Å². The van der Waals surface area contributed by atoms with Gasteiger partial charge < -0.3 is 11.1 Å². The molecule has 0 fully saturated rings. The number of nitro groups is 1. The molecule has 1 aromatic carbocycles. The standard InChI is InChI=1S/C16H21N5O2/c1-3-13-15(21(22)23)16(20(2)19-13)18-14-6-4-5-10-9-11(17)7-8-12(10)14/h7-9,14,18H,3-6,17H2,1-2H3. The van der Waals surface area contributed by atoms with E-state index in [2.05, 4.69) is 10.4 Å². The van der Waals surface area contributed by atoms with Crippen molar-refractivity contribution in [1.82, 2.24) is 9.78 Å². The van der Waals surface area contributed by atoms with Crippen LogP contribution in [0.15, 0.2) is 18.2 Å². The zero-order chi connectivity index (χ0) is 16.6. The Kier molecular flexibility index (Phi) is 3.94. The summed E-state index contributed by atoms with van der Waals surface area (Å²) in [5, 5.41) is 19.1. The summed E-state index contributed by atoms with van der Waals surface area (Å²) in [5.41, 5.74) is 9.59. The van der Waals surface area contributed by atoms with Gasteiger partial charge in [0.2, 0.25) is 5.82 Å². The van der Waals surface area contributed by atoms with E-state index >= 15 is 0 Å². The van der Waals surface area contributed by atoms with Gasteiger partial charge >= 0.3 is 5.69 Å². The second-order valence-electron chi connectivity index (χ2n) is 5.93. The van der Waals surface area contributed by atoms with Gasteiger partial charge in [0, 0.05) is 12.7 Å². The largest absolute Gasteiger partial charge is 0.399 e. The van der Waals surface area contributed by atoms with Crippen LogP contribution in [0.1, 0.15) is 42.6 Å². The van der Waals surface area contributed by atoms with E-state index in [4.69, 9.17) is 5.73 Å². The van der Waals surface area contributed by atoms with Crippen molar-refractivity contribution in [2.75, 3.05) is 11.1 Å². The second kappa shape index (κ2) is 5.91. The molecule has 0 spiro atoms. The number of hydrogen-bond donors (Lipinski definition) is 2. The number of anilines is 2. The van der Waals surface area contributed by atoms with Crippen molar-refractivity contribution in [3.8, 4) is 0 Å². The summed E-state index contributed by atoms with van der Waals surface area (Å²) < 4.78 is 1.57. The van der Waals surface area contributed by atoms with E-state index in [1.807, 2.05) is 25.1 Å². The molecule has 0 saturated carbocycles. The van der Waals surface area contributed by atoms with Crippen LogP contribution in [0.4, 0.5) is 17.2 Å². The lowest BCUT2D eigenvalue weighted by atomic mass is 9.87. The Hall–Kier alpha value is -2.57. The molecule has 0 saturated heterocycles. The molecule has 0 amide bonds. The molecule has 2 aromatic rings. The summed E-state index contributed by atoms with van der Waals surface area (Å²) in [7, 11) is 1.74. The van der Waals surface area contributed by atoms with Crippen LogP contribution in [0.5, 0.6) is 0 Å². The van der Waals surface area contributed by atoms with Crippen LogP contribution in [-0.2, 0) is 19.9 Å². The Balaban J connectivity index is 1.98. The number of aryl methyl sites for hydroxylation is 3. The zero-order valence-electron chi connectivity index (χ0n) is 13.4. The molecular formula is C16H21N5O2. The Morgan fingerprint density at radius 3 is 3.00 bits per heavy atom. The number of hydrogen-bond acceptors (Lipinski definition) is 5. The molecule has 1 atom stereocenters. The van der Waals surface area contributed by atoms with Gasteiger partial charge in [-0.15, -0.1) is 0 Å². The van der Waals surface area contributed by atoms with Crippen LogP contribution in [-0.4, -0.2) is 14.7 Å². The van der Waals surface area contributed by atoms with Gasteiger partial charge in [0.05, 0.1) is 11.0 Å². The quantitative estimate of drug-likeness (QED) is 0.513. The molecule has 3 rings (SSSR count). The minimum atomic E-state index is -0.346. The van der Waals surface area contributed by atoms with Gasteiger partial charge in [-0.05, 0) is 48.9 Å². The van der Waals surface area contributed by atoms with Crippen LogP contribution in [0, 0.1) is 10.1 Å². The minimum absolute atomic E-state index is 0.0400. The summed E-state index contributed by atoms with van der Waals surface area (Å²) in [5.74, 6) is 0.474. The first-order chi connectivity index (χ1) is 11.0. The number of nitrogens with zero attached hydrogens (tertiary/aromatic N) is 3. The van der Waals surface area contributed by atoms with Crippen LogP contribution in [0.25, 0.3) is 0 Å². The molecule has 1 heterocycles. The monoisotopic (exact) mass is 315 g/mol. The SMILES string of the molecule is CCc1nn(C)c(NC2CCCc3cc(N)ccc32)c1[N+](=O)[O-]. The van der Waals surface area contributed by atoms with Crippen LogP contribution < -0.4 is 11.1 Å². The number of benzene rings is 1. The summed E-state index contributed by atoms with van der Waals surface area (Å²) >= 11 is 0. The molecule has 1 unspecified atom stereocenters. The lowest BCUT2D eigenvalue weighted by Gasteiger charge is -2.27. The maximum Gasteiger partial charge on any atom is 0.333 e. The fourth-order valence-corrected chi connectivity index (χ4v) is 3.31. The Labute approximate surface area is 134 Å². The predicted molar refractivity (Wildman–Crippen MR) is 89.4 cm³/mol. The molecule has 3 N–H and O–H groups in total. The first-order valence-electron chi connectivity index (χ1n) is 7.86. The molecular weight excluding hydrogens is 294 g/mol. The Morgan fingerprint density at radius 1 is 1.52 bits per heavy atom. The van der Waals surface area contributed by atoms with E-state index in [9.17, 15) is 10.1 Å². The molecule has 0 aliphatic heterocycles. The topological polar surface area (TPSA) is 99.0 Å². The van der Waals surface area contributed by atoms with Gasteiger partial charge in [-0.3, -0.25) is 10.1 Å². The first kappa shape index (κ1) is 15.3. The van der Waals surface area contributed by atoms with E-state index < -0.39 is 0 Å². The van der Waals surface area contributed by atoms with Gasteiger partial charge in [-0.1, -0.05) is 13.0 Å². The summed E-state index contributed by atoms with van der Waals surface area (Å²) in [6.45, 7) is 1.87. The Bertz CT molecular complexity index is 753. The highest BCUT2D eigenvalue weighted by Crippen LogP contribution is 2.37. The van der Waals surface area contributed by atoms with E-state index in [-0.39, 0.29) is 16.7 Å². The van der Waals surface area contributed by atoms with E-state index in [0.717, 1.165) is 24.9 Å². The predicted octanol–water partition coefficient (Wildman–Crippen LogP) is 2.96. The average Bonchev–Trinajstić information content (AvgIpc) is 2.83. The molecule has 0 radical (unpaired) electrons. The van der Waals surface area contributed by atoms with Gasteiger partial charge in [0.25, 0.3) is 0 Å². The average molecular weight is 315 g/mol. The minimum Gasteiger partial charge on any atom is -0.399 e. The molecule has 0 bridgehead atoms. The fraction of sp³-hybridized carbons (Fsp3) is 0.438. The third-order valence-corrected chi connectivity index (χ3v) is 4.40. The lowest BCUT2D eigenvalue weighted by molar-refractivity contribution is -0.384. The maximum atomic E-state index is 11.4. The van der Waals surface area contributed by atoms with Gasteiger partial charge in [-0.2, -0.15) is 5.10 Å². The third-order valence-electron chi connectivity index (χ3n) is 4.40. The highest BCUT2D eigenvalue weighted by Gasteiger charge is 2.29. The van der Waals surface area contributed by atoms with Crippen molar-refractivity contribution in [3.63, 3.8) is 0 Å². The number of nitrogens with two attached hydrogens (primary N) is 1. The molecule has 7 nitrogen and oxygen atoms in total. The van der Waals surface area contributed by atoms with E-state index in [0.29, 0.717) is 17.9 Å². The van der Waals surface area contributed by atoms with Crippen molar-refractivity contribution < 1.29 is 4.92 Å². The van der Waals surface area contributed by atoms with Gasteiger partial charge in [0.15, 0.2) is 0 Å². The number of rotatable bonds is 4. The van der Waals surface area contributed by atoms with Crippen LogP contribution in [0.3, 0.4) is 0 Å². The number of fused-ring (bicyclic) bond motifs is 1. The second-order valence-corrected chi connectivity index (χ2v) is 5.93. The van der Waals surface area contributed by atoms with Gasteiger partial charge in [0.1, 0.15) is 5.69 Å². The molecule has 7 heteroatoms. The number of nitrogens with one attached hydrogen (secondary N) is 1. The van der Waals surface area contributed by atoms with Crippen molar-refractivity contribution in [1.29, 1.82) is 0 Å². The van der Waals surface area contributed by atoms with Crippen molar-refractivity contribution >= 4 is 17.2 Å². The smallest absolute Gasteiger partial charge is 0.333 e. The molecule has 1 aromatic heterocycles. The molecule has 1 aliphatic carbocycles. The highest BCUT2D eigenvalue weighted by molar-refractivity contribution is 5.61. The van der Waals surface area contributed by atoms with Crippen molar-refractivity contribution in [2.45, 2.75) is 38.6 Å². The Morgan fingerprint density at radius 2 is 2.30 bits per heavy atom.